The summed E-state index contributed by atoms with van der Waals surface area (Å²) in [4.78, 5) is 0. The van der Waals surface area contributed by atoms with Crippen molar-refractivity contribution in [2.75, 3.05) is 6.61 Å². The summed E-state index contributed by atoms with van der Waals surface area (Å²) in [6.45, 7) is 0.466. The first-order chi connectivity index (χ1) is 5.68. The molecule has 0 radical (unpaired) electrons. The van der Waals surface area contributed by atoms with Crippen LogP contribution in [-0.2, 0) is 14.3 Å². The average molecular weight is 188 g/mol. The van der Waals surface area contributed by atoms with Gasteiger partial charge in [-0.1, -0.05) is 0 Å². The Bertz CT molecular complexity index is 308. The van der Waals surface area contributed by atoms with E-state index in [0.717, 1.165) is 12.8 Å². The second-order valence-electron chi connectivity index (χ2n) is 4.24. The van der Waals surface area contributed by atoms with Crippen LogP contribution in [0.3, 0.4) is 0 Å². The van der Waals surface area contributed by atoms with Crippen LogP contribution in [0.15, 0.2) is 0 Å². The van der Waals surface area contributed by atoms with Gasteiger partial charge in [0.2, 0.25) is 0 Å². The van der Waals surface area contributed by atoms with Crippen LogP contribution in [0.4, 0.5) is 0 Å². The van der Waals surface area contributed by atoms with E-state index in [1.54, 1.807) is 0 Å². The Labute approximate surface area is 72.2 Å². The smallest absolute Gasteiger partial charge is 0.270 e. The minimum absolute atomic E-state index is 0.128. The van der Waals surface area contributed by atoms with Crippen molar-refractivity contribution in [1.82, 2.24) is 0 Å². The van der Waals surface area contributed by atoms with Gasteiger partial charge in [-0.2, -0.15) is 8.42 Å². The van der Waals surface area contributed by atoms with Crippen LogP contribution in [0.5, 0.6) is 0 Å². The van der Waals surface area contributed by atoms with E-state index in [1.807, 2.05) is 0 Å². The highest BCUT2D eigenvalue weighted by Crippen LogP contribution is 2.54. The van der Waals surface area contributed by atoms with Crippen molar-refractivity contribution in [2.45, 2.75) is 24.5 Å². The van der Waals surface area contributed by atoms with E-state index < -0.39 is 10.1 Å². The fourth-order valence-electron chi connectivity index (χ4n) is 3.29. The Morgan fingerprint density at radius 2 is 1.92 bits per heavy atom. The lowest BCUT2D eigenvalue weighted by atomic mass is 9.89. The number of hydrogen-bond acceptors (Lipinski definition) is 3. The molecule has 0 aromatic heterocycles. The molecule has 0 aromatic carbocycles. The predicted octanol–water partition coefficient (Wildman–Crippen LogP) is 0.761. The minimum atomic E-state index is -3.15. The molecule has 3 nitrogen and oxygen atoms in total. The molecule has 1 aliphatic heterocycles. The molecule has 68 valence electrons. The van der Waals surface area contributed by atoms with Gasteiger partial charge < -0.3 is 0 Å². The first-order valence-corrected chi connectivity index (χ1v) is 6.04. The fourth-order valence-corrected chi connectivity index (χ4v) is 5.24. The molecule has 0 amide bonds. The molecule has 4 heteroatoms. The van der Waals surface area contributed by atoms with Gasteiger partial charge in [0.15, 0.2) is 0 Å². The van der Waals surface area contributed by atoms with Gasteiger partial charge in [-0.05, 0) is 31.1 Å². The molecule has 12 heavy (non-hydrogen) atoms. The predicted molar refractivity (Wildman–Crippen MR) is 43.0 cm³/mol. The Balaban J connectivity index is 2.05. The molecule has 2 saturated carbocycles. The molecular weight excluding hydrogens is 176 g/mol. The van der Waals surface area contributed by atoms with Crippen molar-refractivity contribution < 1.29 is 12.6 Å². The first-order valence-electron chi connectivity index (χ1n) is 4.57. The third kappa shape index (κ3) is 0.726. The lowest BCUT2D eigenvalue weighted by molar-refractivity contribution is 0.257. The van der Waals surface area contributed by atoms with Gasteiger partial charge in [0.25, 0.3) is 10.1 Å². The van der Waals surface area contributed by atoms with Crippen molar-refractivity contribution in [3.63, 3.8) is 0 Å². The molecule has 3 aliphatic rings. The number of hydrogen-bond donors (Lipinski definition) is 0. The van der Waals surface area contributed by atoms with Crippen molar-refractivity contribution >= 4 is 10.1 Å². The lowest BCUT2D eigenvalue weighted by Gasteiger charge is -2.20. The van der Waals surface area contributed by atoms with Gasteiger partial charge in [0.05, 0.1) is 11.9 Å². The summed E-state index contributed by atoms with van der Waals surface area (Å²) in [5.74, 6) is 1.42. The van der Waals surface area contributed by atoms with Crippen LogP contribution in [0.2, 0.25) is 0 Å². The molecule has 0 N–H and O–H groups in total. The molecule has 2 bridgehead atoms. The highest BCUT2D eigenvalue weighted by atomic mass is 32.2. The topological polar surface area (TPSA) is 43.4 Å². The monoisotopic (exact) mass is 188 g/mol. The minimum Gasteiger partial charge on any atom is -0.270 e. The fraction of sp³-hybridized carbons (Fsp3) is 1.00. The van der Waals surface area contributed by atoms with E-state index in [4.69, 9.17) is 4.18 Å². The Hall–Kier alpha value is -0.0900. The van der Waals surface area contributed by atoms with E-state index in [0.29, 0.717) is 24.4 Å². The Morgan fingerprint density at radius 1 is 1.17 bits per heavy atom. The van der Waals surface area contributed by atoms with Crippen LogP contribution >= 0.6 is 0 Å². The zero-order chi connectivity index (χ0) is 8.34. The van der Waals surface area contributed by atoms with Crippen LogP contribution in [0, 0.1) is 17.8 Å². The van der Waals surface area contributed by atoms with E-state index in [1.165, 1.54) is 6.42 Å². The number of fused-ring (bicyclic) bond motifs is 5. The summed E-state index contributed by atoms with van der Waals surface area (Å²) in [5, 5.41) is -0.128. The first kappa shape index (κ1) is 7.33. The summed E-state index contributed by atoms with van der Waals surface area (Å²) < 4.78 is 27.7. The van der Waals surface area contributed by atoms with Gasteiger partial charge in [0.1, 0.15) is 0 Å². The summed E-state index contributed by atoms with van der Waals surface area (Å²) in [7, 11) is -3.15. The summed E-state index contributed by atoms with van der Waals surface area (Å²) >= 11 is 0. The van der Waals surface area contributed by atoms with Crippen LogP contribution < -0.4 is 0 Å². The van der Waals surface area contributed by atoms with Crippen molar-refractivity contribution in [2.24, 2.45) is 17.8 Å². The van der Waals surface area contributed by atoms with Crippen molar-refractivity contribution in [1.29, 1.82) is 0 Å². The molecule has 3 rings (SSSR count). The summed E-state index contributed by atoms with van der Waals surface area (Å²) in [6, 6.07) is 0. The maximum atomic E-state index is 11.4. The van der Waals surface area contributed by atoms with Gasteiger partial charge in [-0.15, -0.1) is 0 Å². The normalized spacial score (nSPS) is 54.3. The quantitative estimate of drug-likeness (QED) is 0.527. The zero-order valence-electron chi connectivity index (χ0n) is 6.77. The molecule has 3 fully saturated rings. The van der Waals surface area contributed by atoms with Gasteiger partial charge in [0, 0.05) is 5.92 Å². The third-order valence-electron chi connectivity index (χ3n) is 3.76. The average Bonchev–Trinajstić information content (AvgIpc) is 2.61. The van der Waals surface area contributed by atoms with Crippen LogP contribution in [0.25, 0.3) is 0 Å². The SMILES string of the molecule is O=S1(=O)OCC2C3CCC(C3)C21. The largest absolute Gasteiger partial charge is 0.270 e. The van der Waals surface area contributed by atoms with E-state index in [2.05, 4.69) is 0 Å². The van der Waals surface area contributed by atoms with E-state index >= 15 is 0 Å². The second kappa shape index (κ2) is 2.04. The van der Waals surface area contributed by atoms with E-state index in [9.17, 15) is 8.42 Å². The summed E-state index contributed by atoms with van der Waals surface area (Å²) in [6.07, 6.45) is 3.47. The second-order valence-corrected chi connectivity index (χ2v) is 6.00. The van der Waals surface area contributed by atoms with Crippen LogP contribution in [0.1, 0.15) is 19.3 Å². The highest BCUT2D eigenvalue weighted by molar-refractivity contribution is 7.87. The molecule has 4 atom stereocenters. The molecular formula is C8H12O3S. The molecule has 1 heterocycles. The zero-order valence-corrected chi connectivity index (χ0v) is 7.59. The lowest BCUT2D eigenvalue weighted by Crippen LogP contribution is -2.28. The van der Waals surface area contributed by atoms with Gasteiger partial charge in [-0.3, -0.25) is 4.18 Å². The van der Waals surface area contributed by atoms with Gasteiger partial charge in [-0.25, -0.2) is 0 Å². The number of rotatable bonds is 0. The molecule has 2 aliphatic carbocycles. The maximum Gasteiger partial charge on any atom is 0.270 e. The summed E-state index contributed by atoms with van der Waals surface area (Å²) in [5.41, 5.74) is 0. The standard InChI is InChI=1S/C8H12O3S/c9-12(10)8-6-2-1-5(3-6)7(8)4-11-12/h5-8H,1-4H2. The van der Waals surface area contributed by atoms with Crippen LogP contribution in [-0.4, -0.2) is 20.3 Å². The molecule has 1 saturated heterocycles. The highest BCUT2D eigenvalue weighted by Gasteiger charge is 2.57. The maximum absolute atomic E-state index is 11.4. The molecule has 0 spiro atoms. The van der Waals surface area contributed by atoms with Crippen molar-refractivity contribution in [3.8, 4) is 0 Å². The Kier molecular flexibility index (Phi) is 1.25. The van der Waals surface area contributed by atoms with Crippen molar-refractivity contribution in [3.05, 3.63) is 0 Å². The molecule has 4 unspecified atom stereocenters. The Morgan fingerprint density at radius 3 is 2.67 bits per heavy atom. The van der Waals surface area contributed by atoms with Gasteiger partial charge >= 0.3 is 0 Å². The molecule has 0 aromatic rings. The third-order valence-corrected chi connectivity index (χ3v) is 5.63. The van der Waals surface area contributed by atoms with E-state index in [-0.39, 0.29) is 5.25 Å².